The van der Waals surface area contributed by atoms with E-state index < -0.39 is 0 Å². The Labute approximate surface area is 169 Å². The van der Waals surface area contributed by atoms with Gasteiger partial charge >= 0.3 is 0 Å². The van der Waals surface area contributed by atoms with Gasteiger partial charge in [-0.25, -0.2) is 0 Å². The van der Waals surface area contributed by atoms with Crippen molar-refractivity contribution in [2.45, 2.75) is 64.7 Å². The molecule has 0 spiro atoms. The minimum Gasteiger partial charge on any atom is -0.261 e. The molecule has 0 saturated carbocycles. The van der Waals surface area contributed by atoms with Gasteiger partial charge < -0.3 is 0 Å². The lowest BCUT2D eigenvalue weighted by Crippen LogP contribution is -2.26. The van der Waals surface area contributed by atoms with E-state index in [4.69, 9.17) is 0 Å². The van der Waals surface area contributed by atoms with E-state index in [1.165, 1.54) is 30.6 Å². The van der Waals surface area contributed by atoms with Crippen molar-refractivity contribution in [3.63, 3.8) is 0 Å². The monoisotopic (exact) mass is 401 g/mol. The first-order valence-electron chi connectivity index (χ1n) is 10.2. The summed E-state index contributed by atoms with van der Waals surface area (Å²) in [6, 6.07) is 17.5. The van der Waals surface area contributed by atoms with Crippen molar-refractivity contribution in [2.75, 3.05) is 18.5 Å². The van der Waals surface area contributed by atoms with Gasteiger partial charge in [-0.3, -0.25) is 4.98 Å². The number of hydrogen-bond acceptors (Lipinski definition) is 1. The number of rotatable bonds is 8. The Hall–Kier alpha value is -0.770. The first-order chi connectivity index (χ1) is 12.7. The van der Waals surface area contributed by atoms with E-state index in [-0.39, 0.29) is 15.8 Å². The summed E-state index contributed by atoms with van der Waals surface area (Å²) in [5.74, 6) is 0. The van der Waals surface area contributed by atoms with E-state index in [0.29, 0.717) is 10.3 Å². The third-order valence-corrected chi connectivity index (χ3v) is 11.6. The smallest absolute Gasteiger partial charge is 0.0407 e. The van der Waals surface area contributed by atoms with Crippen LogP contribution in [0.5, 0.6) is 0 Å². The fourth-order valence-electron chi connectivity index (χ4n) is 3.90. The van der Waals surface area contributed by atoms with Crippen molar-refractivity contribution in [1.29, 1.82) is 0 Å². The van der Waals surface area contributed by atoms with Gasteiger partial charge in [0.05, 0.1) is 0 Å². The molecule has 0 radical (unpaired) electrons. The van der Waals surface area contributed by atoms with Crippen molar-refractivity contribution in [1.82, 2.24) is 4.98 Å². The summed E-state index contributed by atoms with van der Waals surface area (Å²) >= 11 is 0. The Morgan fingerprint density at radius 2 is 1.37 bits per heavy atom. The van der Waals surface area contributed by atoms with Crippen molar-refractivity contribution in [2.24, 2.45) is 0 Å². The lowest BCUT2D eigenvalue weighted by atomic mass is 10.2. The van der Waals surface area contributed by atoms with Gasteiger partial charge in [0.2, 0.25) is 0 Å². The molecule has 0 saturated heterocycles. The number of benzene rings is 1. The van der Waals surface area contributed by atoms with E-state index in [9.17, 15) is 0 Å². The molecule has 0 bridgehead atoms. The highest BCUT2D eigenvalue weighted by Gasteiger charge is 2.33. The van der Waals surface area contributed by atoms with Gasteiger partial charge in [0.1, 0.15) is 0 Å². The molecule has 0 N–H and O–H groups in total. The maximum atomic E-state index is 4.53. The van der Waals surface area contributed by atoms with E-state index >= 15 is 0 Å². The summed E-state index contributed by atoms with van der Waals surface area (Å²) in [5.41, 5.74) is 1.23. The molecule has 0 aliphatic carbocycles. The Balaban J connectivity index is 2.01. The topological polar surface area (TPSA) is 12.9 Å². The maximum Gasteiger partial charge on any atom is 0.0407 e. The van der Waals surface area contributed by atoms with Gasteiger partial charge in [0.25, 0.3) is 0 Å². The first-order valence-corrected chi connectivity index (χ1v) is 13.4. The lowest BCUT2D eigenvalue weighted by molar-refractivity contribution is 0.701. The normalized spacial score (nSPS) is 13.7. The van der Waals surface area contributed by atoms with Gasteiger partial charge in [-0.05, 0) is 59.1 Å². The number of pyridine rings is 1. The largest absolute Gasteiger partial charge is 0.261 e. The predicted octanol–water partition coefficient (Wildman–Crippen LogP) is 6.90. The van der Waals surface area contributed by atoms with Crippen LogP contribution in [0.3, 0.4) is 0 Å². The zero-order chi connectivity index (χ0) is 19.9. The van der Waals surface area contributed by atoms with Crippen molar-refractivity contribution >= 4 is 21.1 Å². The van der Waals surface area contributed by atoms with Crippen LogP contribution in [0.15, 0.2) is 54.7 Å². The summed E-state index contributed by atoms with van der Waals surface area (Å²) in [5, 5.41) is 2.41. The molecule has 1 heterocycles. The Bertz CT molecular complexity index is 642. The minimum absolute atomic E-state index is 0.00262. The van der Waals surface area contributed by atoms with Crippen LogP contribution >= 0.6 is 15.8 Å². The first kappa shape index (κ1) is 22.5. The zero-order valence-electron chi connectivity index (χ0n) is 18.1. The molecule has 2 rings (SSSR count). The molecule has 0 aliphatic heterocycles. The molecule has 0 amide bonds. The predicted molar refractivity (Wildman–Crippen MR) is 127 cm³/mol. The average Bonchev–Trinajstić information content (AvgIpc) is 2.60. The maximum absolute atomic E-state index is 4.53. The molecule has 1 aromatic carbocycles. The molecule has 148 valence electrons. The molecule has 1 atom stereocenters. The van der Waals surface area contributed by atoms with Crippen LogP contribution in [0.1, 0.15) is 53.7 Å². The van der Waals surface area contributed by atoms with Crippen LogP contribution in [0.2, 0.25) is 0 Å². The molecule has 0 fully saturated rings. The second kappa shape index (κ2) is 10.1. The van der Waals surface area contributed by atoms with Crippen LogP contribution in [0.4, 0.5) is 0 Å². The number of aryl methyl sites for hydroxylation is 1. The third-order valence-electron chi connectivity index (χ3n) is 4.91. The van der Waals surface area contributed by atoms with Crippen LogP contribution in [0.25, 0.3) is 0 Å². The van der Waals surface area contributed by atoms with Gasteiger partial charge in [0.15, 0.2) is 0 Å². The fourth-order valence-corrected chi connectivity index (χ4v) is 10.4. The number of hydrogen-bond donors (Lipinski definition) is 0. The highest BCUT2D eigenvalue weighted by Crippen LogP contribution is 2.59. The molecule has 1 nitrogen and oxygen atoms in total. The number of nitrogens with zero attached hydrogens (tertiary/aromatic N) is 1. The lowest BCUT2D eigenvalue weighted by Gasteiger charge is -2.42. The van der Waals surface area contributed by atoms with Gasteiger partial charge in [-0.1, -0.05) is 93.8 Å². The van der Waals surface area contributed by atoms with Gasteiger partial charge in [0, 0.05) is 11.9 Å². The SMILES string of the molecule is CC(C)(C)P(CCCP(CCc1ccccn1)c1ccccc1)C(C)(C)C. The van der Waals surface area contributed by atoms with E-state index in [0.717, 1.165) is 6.42 Å². The summed E-state index contributed by atoms with van der Waals surface area (Å²) in [6.07, 6.45) is 8.34. The summed E-state index contributed by atoms with van der Waals surface area (Å²) in [4.78, 5) is 4.53. The van der Waals surface area contributed by atoms with Crippen molar-refractivity contribution in [3.8, 4) is 0 Å². The fraction of sp³-hybridized carbons (Fsp3) is 0.542. The van der Waals surface area contributed by atoms with Crippen molar-refractivity contribution < 1.29 is 0 Å². The van der Waals surface area contributed by atoms with Gasteiger partial charge in [-0.15, -0.1) is 0 Å². The van der Waals surface area contributed by atoms with Crippen LogP contribution in [-0.2, 0) is 6.42 Å². The van der Waals surface area contributed by atoms with Crippen LogP contribution in [0, 0.1) is 0 Å². The van der Waals surface area contributed by atoms with E-state index in [1.54, 1.807) is 5.30 Å². The van der Waals surface area contributed by atoms with Gasteiger partial charge in [-0.2, -0.15) is 0 Å². The zero-order valence-corrected chi connectivity index (χ0v) is 19.9. The molecule has 27 heavy (non-hydrogen) atoms. The minimum atomic E-state index is -0.111. The summed E-state index contributed by atoms with van der Waals surface area (Å²) in [6.45, 7) is 14.6. The van der Waals surface area contributed by atoms with E-state index in [2.05, 4.69) is 89.0 Å². The summed E-state index contributed by atoms with van der Waals surface area (Å²) < 4.78 is 0. The Morgan fingerprint density at radius 1 is 0.741 bits per heavy atom. The highest BCUT2D eigenvalue weighted by atomic mass is 31.1. The standard InChI is InChI=1S/C24H37NP2/c1-23(2,3)27(24(4,5)6)19-12-18-26(22-14-8-7-9-15-22)20-16-21-13-10-11-17-25-21/h7-11,13-15,17H,12,16,18-20H2,1-6H3. The van der Waals surface area contributed by atoms with Crippen LogP contribution < -0.4 is 5.30 Å². The average molecular weight is 402 g/mol. The molecule has 2 aromatic rings. The Kier molecular flexibility index (Phi) is 8.45. The number of aromatic nitrogens is 1. The molecule has 3 heteroatoms. The third kappa shape index (κ3) is 7.63. The van der Waals surface area contributed by atoms with Crippen LogP contribution in [-0.4, -0.2) is 33.8 Å². The summed E-state index contributed by atoms with van der Waals surface area (Å²) in [7, 11) is -0.109. The van der Waals surface area contributed by atoms with Crippen molar-refractivity contribution in [3.05, 3.63) is 60.4 Å². The molecule has 1 unspecified atom stereocenters. The molecular formula is C24H37NP2. The molecular weight excluding hydrogens is 364 g/mol. The van der Waals surface area contributed by atoms with E-state index in [1.807, 2.05) is 12.3 Å². The Morgan fingerprint density at radius 3 is 1.93 bits per heavy atom. The molecule has 0 aliphatic rings. The highest BCUT2D eigenvalue weighted by molar-refractivity contribution is 7.65. The second-order valence-corrected chi connectivity index (χ2v) is 15.7. The molecule has 1 aromatic heterocycles. The second-order valence-electron chi connectivity index (χ2n) is 9.24. The quantitative estimate of drug-likeness (QED) is 0.438.